The van der Waals surface area contributed by atoms with Crippen LogP contribution in [0.4, 0.5) is 5.69 Å². The lowest BCUT2D eigenvalue weighted by molar-refractivity contribution is -0.131. The molecule has 0 aliphatic carbocycles. The first-order valence-corrected chi connectivity index (χ1v) is 9.34. The summed E-state index contributed by atoms with van der Waals surface area (Å²) in [5, 5.41) is 11.3. The summed E-state index contributed by atoms with van der Waals surface area (Å²) in [4.78, 5) is 21.6. The van der Waals surface area contributed by atoms with Crippen LogP contribution in [-0.2, 0) is 19.7 Å². The van der Waals surface area contributed by atoms with Crippen LogP contribution in [0.3, 0.4) is 0 Å². The molecule has 0 radical (unpaired) electrons. The maximum Gasteiger partial charge on any atom is 0.339 e. The summed E-state index contributed by atoms with van der Waals surface area (Å²) >= 11 is 0. The van der Waals surface area contributed by atoms with Gasteiger partial charge in [0.05, 0.1) is 0 Å². The third kappa shape index (κ3) is 5.42. The monoisotopic (exact) mass is 389 g/mol. The summed E-state index contributed by atoms with van der Waals surface area (Å²) in [5.41, 5.74) is 2.21. The number of carboxylic acid groups (broad SMARTS) is 1. The number of hydrogen-bond acceptors (Lipinski definition) is 5. The van der Waals surface area contributed by atoms with Gasteiger partial charge < -0.3 is 14.6 Å². The van der Waals surface area contributed by atoms with E-state index in [9.17, 15) is 18.0 Å². The minimum Gasteiger partial charge on any atom is -0.478 e. The van der Waals surface area contributed by atoms with E-state index in [-0.39, 0.29) is 16.6 Å². The van der Waals surface area contributed by atoms with E-state index in [1.54, 1.807) is 26.0 Å². The highest BCUT2D eigenvalue weighted by atomic mass is 32.2. The van der Waals surface area contributed by atoms with Gasteiger partial charge in [0.2, 0.25) is 5.91 Å². The van der Waals surface area contributed by atoms with Gasteiger partial charge in [-0.2, -0.15) is 8.42 Å². The van der Waals surface area contributed by atoms with Crippen molar-refractivity contribution in [1.29, 1.82) is 0 Å². The molecule has 2 rings (SSSR count). The molecule has 7 nitrogen and oxygen atoms in total. The highest BCUT2D eigenvalue weighted by molar-refractivity contribution is 7.87. The Morgan fingerprint density at radius 1 is 1.07 bits per heavy atom. The van der Waals surface area contributed by atoms with Gasteiger partial charge in [-0.25, -0.2) is 4.79 Å². The van der Waals surface area contributed by atoms with Gasteiger partial charge in [0.1, 0.15) is 10.6 Å². The van der Waals surface area contributed by atoms with Crippen LogP contribution in [0.2, 0.25) is 0 Å². The molecule has 2 aromatic rings. The zero-order chi connectivity index (χ0) is 20.2. The fourth-order valence-electron chi connectivity index (χ4n) is 2.44. The first-order chi connectivity index (χ1) is 12.6. The van der Waals surface area contributed by atoms with Crippen molar-refractivity contribution in [1.82, 2.24) is 0 Å². The molecule has 1 amide bonds. The van der Waals surface area contributed by atoms with Crippen LogP contribution >= 0.6 is 0 Å². The van der Waals surface area contributed by atoms with Crippen molar-refractivity contribution in [2.75, 3.05) is 5.32 Å². The van der Waals surface area contributed by atoms with Gasteiger partial charge >= 0.3 is 16.1 Å². The Morgan fingerprint density at radius 2 is 1.63 bits per heavy atom. The van der Waals surface area contributed by atoms with E-state index < -0.39 is 16.1 Å². The van der Waals surface area contributed by atoms with E-state index in [4.69, 9.17) is 9.29 Å². The second-order valence-corrected chi connectivity index (χ2v) is 7.44. The average molecular weight is 389 g/mol. The van der Waals surface area contributed by atoms with Crippen molar-refractivity contribution >= 4 is 33.8 Å². The molecule has 0 saturated heterocycles. The number of anilines is 1. The fourth-order valence-corrected chi connectivity index (χ4v) is 3.49. The molecule has 0 aliphatic heterocycles. The molecular weight excluding hydrogens is 370 g/mol. The second-order valence-electron chi connectivity index (χ2n) is 5.90. The Kier molecular flexibility index (Phi) is 6.02. The van der Waals surface area contributed by atoms with Crippen LogP contribution < -0.4 is 9.50 Å². The van der Waals surface area contributed by atoms with Gasteiger partial charge in [0.25, 0.3) is 0 Å². The van der Waals surface area contributed by atoms with Crippen LogP contribution in [0.25, 0.3) is 6.08 Å². The van der Waals surface area contributed by atoms with E-state index in [2.05, 4.69) is 5.32 Å². The van der Waals surface area contributed by atoms with Crippen LogP contribution in [0, 0.1) is 13.8 Å². The third-order valence-corrected chi connectivity index (χ3v) is 4.79. The van der Waals surface area contributed by atoms with E-state index in [1.165, 1.54) is 37.3 Å². The van der Waals surface area contributed by atoms with Gasteiger partial charge in [0, 0.05) is 18.7 Å². The normalized spacial score (nSPS) is 11.4. The number of carboxylic acids is 1. The van der Waals surface area contributed by atoms with Gasteiger partial charge in [0.15, 0.2) is 0 Å². The van der Waals surface area contributed by atoms with Crippen molar-refractivity contribution in [3.8, 4) is 5.75 Å². The first kappa shape index (κ1) is 20.2. The molecule has 0 atom stereocenters. The average Bonchev–Trinajstić information content (AvgIpc) is 2.56. The van der Waals surface area contributed by atoms with E-state index in [0.717, 1.165) is 6.08 Å². The Bertz CT molecular complexity index is 984. The number of rotatable bonds is 6. The maximum absolute atomic E-state index is 12.5. The molecule has 0 bridgehead atoms. The molecule has 27 heavy (non-hydrogen) atoms. The van der Waals surface area contributed by atoms with Gasteiger partial charge in [-0.1, -0.05) is 0 Å². The number of aliphatic carboxylic acids is 1. The summed E-state index contributed by atoms with van der Waals surface area (Å²) in [7, 11) is -4.07. The number of hydrogen-bond donors (Lipinski definition) is 2. The number of benzene rings is 2. The van der Waals surface area contributed by atoms with Gasteiger partial charge in [-0.15, -0.1) is 0 Å². The Labute approximate surface area is 157 Å². The highest BCUT2D eigenvalue weighted by Gasteiger charge is 2.19. The topological polar surface area (TPSA) is 110 Å². The minimum atomic E-state index is -4.07. The SMILES string of the molecule is CC(=O)Nc1ccc(S(=O)(=O)Oc2c(C)cc(/C=C/C(=O)O)cc2C)cc1. The lowest BCUT2D eigenvalue weighted by Crippen LogP contribution is -2.12. The smallest absolute Gasteiger partial charge is 0.339 e. The molecule has 0 saturated carbocycles. The highest BCUT2D eigenvalue weighted by Crippen LogP contribution is 2.29. The number of aryl methyl sites for hydroxylation is 2. The second kappa shape index (κ2) is 8.05. The predicted octanol–water partition coefficient (Wildman–Crippen LogP) is 3.13. The van der Waals surface area contributed by atoms with Gasteiger partial charge in [-0.05, 0) is 73.0 Å². The van der Waals surface area contributed by atoms with Crippen LogP contribution in [0.15, 0.2) is 47.4 Å². The van der Waals surface area contributed by atoms with Crippen molar-refractivity contribution in [2.45, 2.75) is 25.7 Å². The minimum absolute atomic E-state index is 0.0507. The largest absolute Gasteiger partial charge is 0.478 e. The lowest BCUT2D eigenvalue weighted by atomic mass is 10.1. The first-order valence-electron chi connectivity index (χ1n) is 7.93. The van der Waals surface area contributed by atoms with Crippen LogP contribution in [-0.4, -0.2) is 25.4 Å². The molecule has 0 fully saturated rings. The molecule has 2 N–H and O–H groups in total. The number of nitrogens with one attached hydrogen (secondary N) is 1. The predicted molar refractivity (Wildman–Crippen MR) is 101 cm³/mol. The van der Waals surface area contributed by atoms with Crippen molar-refractivity contribution in [2.24, 2.45) is 0 Å². The summed E-state index contributed by atoms with van der Waals surface area (Å²) in [5.74, 6) is -1.14. The number of amides is 1. The van der Waals surface area contributed by atoms with Gasteiger partial charge in [-0.3, -0.25) is 4.79 Å². The zero-order valence-electron chi connectivity index (χ0n) is 15.0. The third-order valence-electron chi connectivity index (χ3n) is 3.56. The molecule has 2 aromatic carbocycles. The molecule has 0 aromatic heterocycles. The molecule has 0 unspecified atom stereocenters. The zero-order valence-corrected chi connectivity index (χ0v) is 15.8. The molecule has 0 spiro atoms. The number of carbonyl (C=O) groups excluding carboxylic acids is 1. The summed E-state index contributed by atoms with van der Waals surface area (Å²) in [6, 6.07) is 8.90. The number of carbonyl (C=O) groups is 2. The van der Waals surface area contributed by atoms with Crippen LogP contribution in [0.1, 0.15) is 23.6 Å². The van der Waals surface area contributed by atoms with Crippen molar-refractivity contribution in [3.05, 3.63) is 59.2 Å². The van der Waals surface area contributed by atoms with E-state index in [0.29, 0.717) is 22.4 Å². The van der Waals surface area contributed by atoms with Crippen LogP contribution in [0.5, 0.6) is 5.75 Å². The molecule has 8 heteroatoms. The molecular formula is C19H19NO6S. The standard InChI is InChI=1S/C19H19NO6S/c1-12-10-15(4-9-18(22)23)11-13(2)19(12)26-27(24,25)17-7-5-16(6-8-17)20-14(3)21/h4-11H,1-3H3,(H,20,21)(H,22,23)/b9-4+. The molecule has 0 heterocycles. The Balaban J connectivity index is 2.29. The summed E-state index contributed by atoms with van der Waals surface area (Å²) in [6.07, 6.45) is 2.42. The van der Waals surface area contributed by atoms with E-state index in [1.807, 2.05) is 0 Å². The van der Waals surface area contributed by atoms with Crippen molar-refractivity contribution in [3.63, 3.8) is 0 Å². The van der Waals surface area contributed by atoms with E-state index >= 15 is 0 Å². The fraction of sp³-hybridized carbons (Fsp3) is 0.158. The quantitative estimate of drug-likeness (QED) is 0.580. The lowest BCUT2D eigenvalue weighted by Gasteiger charge is -2.13. The summed E-state index contributed by atoms with van der Waals surface area (Å²) in [6.45, 7) is 4.71. The molecule has 0 aliphatic rings. The Morgan fingerprint density at radius 3 is 2.11 bits per heavy atom. The molecule has 142 valence electrons. The van der Waals surface area contributed by atoms with Crippen molar-refractivity contribution < 1.29 is 27.3 Å². The Hall–Kier alpha value is -3.13. The maximum atomic E-state index is 12.5. The summed E-state index contributed by atoms with van der Waals surface area (Å²) < 4.78 is 30.4.